The first kappa shape index (κ1) is 15.7. The lowest BCUT2D eigenvalue weighted by molar-refractivity contribution is -0.169. The molecular weight excluding hydrogens is 276 g/mol. The van der Waals surface area contributed by atoms with Crippen LogP contribution in [0.4, 0.5) is 0 Å². The zero-order chi connectivity index (χ0) is 15.2. The summed E-state index contributed by atoms with van der Waals surface area (Å²) in [4.78, 5) is 23.5. The van der Waals surface area contributed by atoms with Crippen LogP contribution in [0.2, 0.25) is 0 Å². The van der Waals surface area contributed by atoms with E-state index in [2.05, 4.69) is 0 Å². The molecule has 0 aromatic carbocycles. The Bertz CT molecular complexity index is 542. The molecule has 1 atom stereocenters. The number of ether oxygens (including phenoxy) is 3. The van der Waals surface area contributed by atoms with Crippen molar-refractivity contribution in [2.75, 3.05) is 13.7 Å². The highest BCUT2D eigenvalue weighted by molar-refractivity contribution is 5.91. The highest BCUT2D eigenvalue weighted by atomic mass is 16.7. The average Bonchev–Trinajstić information content (AvgIpc) is 2.52. The van der Waals surface area contributed by atoms with E-state index in [0.717, 1.165) is 19.3 Å². The number of aryl methyl sites for hydroxylation is 1. The zero-order valence-electron chi connectivity index (χ0n) is 12.3. The maximum Gasteiger partial charge on any atom is 0.341 e. The van der Waals surface area contributed by atoms with Crippen LogP contribution in [0.1, 0.15) is 47.9 Å². The molecule has 1 aliphatic heterocycles. The lowest BCUT2D eigenvalue weighted by Crippen LogP contribution is -2.23. The van der Waals surface area contributed by atoms with Crippen molar-refractivity contribution < 1.29 is 23.4 Å². The Morgan fingerprint density at radius 3 is 2.86 bits per heavy atom. The Kier molecular flexibility index (Phi) is 5.52. The highest BCUT2D eigenvalue weighted by Crippen LogP contribution is 2.19. The molecule has 1 fully saturated rings. The summed E-state index contributed by atoms with van der Waals surface area (Å²) >= 11 is 0. The summed E-state index contributed by atoms with van der Waals surface area (Å²) in [6.07, 6.45) is 3.03. The molecule has 0 amide bonds. The fourth-order valence-electron chi connectivity index (χ4n) is 2.33. The van der Waals surface area contributed by atoms with Gasteiger partial charge in [-0.25, -0.2) is 9.59 Å². The molecule has 21 heavy (non-hydrogen) atoms. The number of carbonyl (C=O) groups excluding carboxylic acids is 1. The molecule has 6 heteroatoms. The van der Waals surface area contributed by atoms with E-state index < -0.39 is 11.6 Å². The molecule has 0 bridgehead atoms. The van der Waals surface area contributed by atoms with Crippen LogP contribution in [-0.2, 0) is 27.2 Å². The van der Waals surface area contributed by atoms with Gasteiger partial charge in [0, 0.05) is 24.7 Å². The minimum atomic E-state index is -0.529. The van der Waals surface area contributed by atoms with E-state index in [-0.39, 0.29) is 18.5 Å². The smallest absolute Gasteiger partial charge is 0.341 e. The van der Waals surface area contributed by atoms with Gasteiger partial charge in [0.05, 0.1) is 13.7 Å². The third-order valence-electron chi connectivity index (χ3n) is 3.39. The van der Waals surface area contributed by atoms with Gasteiger partial charge in [0.1, 0.15) is 11.3 Å². The van der Waals surface area contributed by atoms with E-state index in [1.807, 2.05) is 0 Å². The molecular formula is C15H20O6. The summed E-state index contributed by atoms with van der Waals surface area (Å²) in [6, 6.07) is 1.27. The van der Waals surface area contributed by atoms with E-state index in [4.69, 9.17) is 18.6 Å². The van der Waals surface area contributed by atoms with Gasteiger partial charge in [0.25, 0.3) is 0 Å². The summed E-state index contributed by atoms with van der Waals surface area (Å²) < 4.78 is 21.0. The van der Waals surface area contributed by atoms with Crippen LogP contribution >= 0.6 is 0 Å². The van der Waals surface area contributed by atoms with E-state index >= 15 is 0 Å². The van der Waals surface area contributed by atoms with Gasteiger partial charge in [-0.15, -0.1) is 0 Å². The van der Waals surface area contributed by atoms with Crippen molar-refractivity contribution >= 4 is 5.97 Å². The molecule has 0 spiro atoms. The summed E-state index contributed by atoms with van der Waals surface area (Å²) in [7, 11) is 1.29. The van der Waals surface area contributed by atoms with Crippen LogP contribution in [-0.4, -0.2) is 26.0 Å². The van der Waals surface area contributed by atoms with Crippen molar-refractivity contribution in [2.24, 2.45) is 0 Å². The number of hydrogen-bond acceptors (Lipinski definition) is 6. The monoisotopic (exact) mass is 296 g/mol. The summed E-state index contributed by atoms with van der Waals surface area (Å²) in [5.41, 5.74) is 0.252. The van der Waals surface area contributed by atoms with Crippen LogP contribution in [0.3, 0.4) is 0 Å². The number of rotatable bonds is 5. The normalized spacial score (nSPS) is 18.5. The van der Waals surface area contributed by atoms with Crippen molar-refractivity contribution in [1.29, 1.82) is 0 Å². The highest BCUT2D eigenvalue weighted by Gasteiger charge is 2.21. The van der Waals surface area contributed by atoms with Gasteiger partial charge in [-0.3, -0.25) is 0 Å². The molecule has 2 heterocycles. The minimum absolute atomic E-state index is 0.119. The third kappa shape index (κ3) is 3.92. The number of hydrogen-bond donors (Lipinski definition) is 0. The molecule has 0 radical (unpaired) electrons. The van der Waals surface area contributed by atoms with Crippen LogP contribution in [0.15, 0.2) is 15.3 Å². The number of esters is 1. The molecule has 1 unspecified atom stereocenters. The first-order valence-electron chi connectivity index (χ1n) is 7.13. The lowest BCUT2D eigenvalue weighted by Gasteiger charge is -2.23. The largest absolute Gasteiger partial charge is 0.465 e. The van der Waals surface area contributed by atoms with Crippen LogP contribution in [0, 0.1) is 0 Å². The molecule has 1 aromatic heterocycles. The molecule has 6 nitrogen and oxygen atoms in total. The molecule has 0 N–H and O–H groups in total. The second kappa shape index (κ2) is 7.38. The van der Waals surface area contributed by atoms with Gasteiger partial charge in [-0.1, -0.05) is 6.92 Å². The molecule has 1 aliphatic rings. The van der Waals surface area contributed by atoms with Crippen molar-refractivity contribution in [3.05, 3.63) is 33.4 Å². The van der Waals surface area contributed by atoms with Gasteiger partial charge in [-0.05, 0) is 19.3 Å². The molecule has 1 aromatic rings. The second-order valence-electron chi connectivity index (χ2n) is 4.84. The predicted octanol–water partition coefficient (Wildman–Crippen LogP) is 2.03. The van der Waals surface area contributed by atoms with Gasteiger partial charge in [0.2, 0.25) is 0 Å². The van der Waals surface area contributed by atoms with Crippen molar-refractivity contribution in [2.45, 2.75) is 45.5 Å². The number of carbonyl (C=O) groups is 1. The number of methoxy groups -OCH3 is 1. The van der Waals surface area contributed by atoms with E-state index in [0.29, 0.717) is 24.4 Å². The molecule has 0 saturated carbocycles. The van der Waals surface area contributed by atoms with Crippen LogP contribution in [0.5, 0.6) is 0 Å². The quantitative estimate of drug-likeness (QED) is 0.774. The molecule has 0 aliphatic carbocycles. The summed E-state index contributed by atoms with van der Waals surface area (Å²) in [5, 5.41) is 0. The average molecular weight is 296 g/mol. The van der Waals surface area contributed by atoms with E-state index in [1.54, 1.807) is 6.92 Å². The lowest BCUT2D eigenvalue weighted by atomic mass is 10.1. The predicted molar refractivity (Wildman–Crippen MR) is 74.1 cm³/mol. The Labute approximate surface area is 123 Å². The Morgan fingerprint density at radius 1 is 1.43 bits per heavy atom. The standard InChI is InChI=1S/C15H20O6/c1-3-11-14(15(17)18-2)10(8-12(16)21-11)9-20-13-6-4-5-7-19-13/h8,13H,3-7,9H2,1-2H3. The third-order valence-corrected chi connectivity index (χ3v) is 3.39. The first-order chi connectivity index (χ1) is 10.2. The topological polar surface area (TPSA) is 75.0 Å². The zero-order valence-corrected chi connectivity index (χ0v) is 12.3. The van der Waals surface area contributed by atoms with Gasteiger partial charge in [-0.2, -0.15) is 0 Å². The Balaban J connectivity index is 2.21. The molecule has 1 saturated heterocycles. The SMILES string of the molecule is CCc1oc(=O)cc(COC2CCCCO2)c1C(=O)OC. The Hall–Kier alpha value is -1.66. The fourth-order valence-corrected chi connectivity index (χ4v) is 2.33. The second-order valence-corrected chi connectivity index (χ2v) is 4.84. The van der Waals surface area contributed by atoms with Crippen LogP contribution < -0.4 is 5.63 Å². The minimum Gasteiger partial charge on any atom is -0.465 e. The van der Waals surface area contributed by atoms with Crippen molar-refractivity contribution in [3.8, 4) is 0 Å². The first-order valence-corrected chi connectivity index (χ1v) is 7.13. The van der Waals surface area contributed by atoms with Gasteiger partial charge in [0.15, 0.2) is 6.29 Å². The van der Waals surface area contributed by atoms with E-state index in [1.165, 1.54) is 13.2 Å². The summed E-state index contributed by atoms with van der Waals surface area (Å²) in [6.45, 7) is 2.60. The molecule has 116 valence electrons. The molecule has 2 rings (SSSR count). The van der Waals surface area contributed by atoms with Crippen molar-refractivity contribution in [1.82, 2.24) is 0 Å². The van der Waals surface area contributed by atoms with E-state index in [9.17, 15) is 9.59 Å². The fraction of sp³-hybridized carbons (Fsp3) is 0.600. The maximum atomic E-state index is 11.9. The van der Waals surface area contributed by atoms with Crippen molar-refractivity contribution in [3.63, 3.8) is 0 Å². The maximum absolute atomic E-state index is 11.9. The van der Waals surface area contributed by atoms with Gasteiger partial charge >= 0.3 is 11.6 Å². The Morgan fingerprint density at radius 2 is 2.24 bits per heavy atom. The van der Waals surface area contributed by atoms with Gasteiger partial charge < -0.3 is 18.6 Å². The summed E-state index contributed by atoms with van der Waals surface area (Å²) in [5.74, 6) is -0.212. The van der Waals surface area contributed by atoms with Crippen LogP contribution in [0.25, 0.3) is 0 Å².